The van der Waals surface area contributed by atoms with E-state index in [1.165, 1.54) is 5.56 Å². The second-order valence-electron chi connectivity index (χ2n) is 5.71. The van der Waals surface area contributed by atoms with E-state index in [-0.39, 0.29) is 11.7 Å². The Morgan fingerprint density at radius 1 is 1.05 bits per heavy atom. The summed E-state index contributed by atoms with van der Waals surface area (Å²) < 4.78 is 0. The van der Waals surface area contributed by atoms with Crippen molar-refractivity contribution < 1.29 is 9.63 Å². The monoisotopic (exact) mass is 295 g/mol. The molecule has 1 N–H and O–H groups in total. The van der Waals surface area contributed by atoms with Crippen molar-refractivity contribution in [3.8, 4) is 0 Å². The van der Waals surface area contributed by atoms with Crippen LogP contribution >= 0.6 is 0 Å². The summed E-state index contributed by atoms with van der Waals surface area (Å²) in [5.74, 6) is 0.398. The SMILES string of the molecule is O=C1c2ccccc2CCC1CCNOCc1ccccc1. The van der Waals surface area contributed by atoms with Crippen molar-refractivity contribution in [1.29, 1.82) is 0 Å². The molecule has 3 nitrogen and oxygen atoms in total. The van der Waals surface area contributed by atoms with Crippen molar-refractivity contribution in [2.75, 3.05) is 6.54 Å². The molecule has 0 aliphatic heterocycles. The van der Waals surface area contributed by atoms with Gasteiger partial charge in [0, 0.05) is 18.0 Å². The first kappa shape index (κ1) is 14.9. The Morgan fingerprint density at radius 3 is 2.68 bits per heavy atom. The summed E-state index contributed by atoms with van der Waals surface area (Å²) in [4.78, 5) is 17.9. The maximum Gasteiger partial charge on any atom is 0.166 e. The Balaban J connectivity index is 1.42. The molecule has 0 saturated carbocycles. The van der Waals surface area contributed by atoms with Crippen LogP contribution in [0.15, 0.2) is 54.6 Å². The van der Waals surface area contributed by atoms with E-state index in [1.54, 1.807) is 0 Å². The standard InChI is InChI=1S/C19H21NO2/c21-19-17(11-10-16-8-4-5-9-18(16)19)12-13-20-22-14-15-6-2-1-3-7-15/h1-9,17,20H,10-14H2. The summed E-state index contributed by atoms with van der Waals surface area (Å²) in [6.07, 6.45) is 2.76. The van der Waals surface area contributed by atoms with Gasteiger partial charge in [0.1, 0.15) is 0 Å². The minimum Gasteiger partial charge on any atom is -0.297 e. The fourth-order valence-corrected chi connectivity index (χ4v) is 2.95. The molecule has 0 aromatic heterocycles. The van der Waals surface area contributed by atoms with Crippen LogP contribution < -0.4 is 5.48 Å². The Labute approximate surface area is 131 Å². The lowest BCUT2D eigenvalue weighted by molar-refractivity contribution is 0.0248. The smallest absolute Gasteiger partial charge is 0.166 e. The lowest BCUT2D eigenvalue weighted by Crippen LogP contribution is -2.26. The molecule has 1 unspecified atom stereocenters. The molecule has 1 aliphatic carbocycles. The fraction of sp³-hybridized carbons (Fsp3) is 0.316. The predicted molar refractivity (Wildman–Crippen MR) is 86.4 cm³/mol. The van der Waals surface area contributed by atoms with Gasteiger partial charge in [0.05, 0.1) is 6.61 Å². The molecule has 0 radical (unpaired) electrons. The van der Waals surface area contributed by atoms with Gasteiger partial charge < -0.3 is 0 Å². The third-order valence-corrected chi connectivity index (χ3v) is 4.19. The molecule has 22 heavy (non-hydrogen) atoms. The Kier molecular flexibility index (Phi) is 4.99. The maximum absolute atomic E-state index is 12.4. The quantitative estimate of drug-likeness (QED) is 0.654. The third-order valence-electron chi connectivity index (χ3n) is 4.19. The summed E-state index contributed by atoms with van der Waals surface area (Å²) in [6, 6.07) is 18.0. The number of carbonyl (C=O) groups is 1. The van der Waals surface area contributed by atoms with Gasteiger partial charge in [0.25, 0.3) is 0 Å². The van der Waals surface area contributed by atoms with E-state index in [0.29, 0.717) is 13.2 Å². The number of benzene rings is 2. The normalized spacial score (nSPS) is 17.3. The second kappa shape index (κ2) is 7.34. The van der Waals surface area contributed by atoms with Gasteiger partial charge >= 0.3 is 0 Å². The number of hydrogen-bond donors (Lipinski definition) is 1. The largest absolute Gasteiger partial charge is 0.297 e. The van der Waals surface area contributed by atoms with E-state index in [2.05, 4.69) is 11.5 Å². The number of carbonyl (C=O) groups excluding carboxylic acids is 1. The van der Waals surface area contributed by atoms with Crippen LogP contribution in [-0.2, 0) is 17.9 Å². The topological polar surface area (TPSA) is 38.3 Å². The van der Waals surface area contributed by atoms with Crippen LogP contribution in [0, 0.1) is 5.92 Å². The Hall–Kier alpha value is -1.97. The maximum atomic E-state index is 12.4. The number of aryl methyl sites for hydroxylation is 1. The van der Waals surface area contributed by atoms with Crippen molar-refractivity contribution in [1.82, 2.24) is 5.48 Å². The zero-order valence-corrected chi connectivity index (χ0v) is 12.6. The highest BCUT2D eigenvalue weighted by atomic mass is 16.6. The average Bonchev–Trinajstić information content (AvgIpc) is 2.58. The van der Waals surface area contributed by atoms with Gasteiger partial charge in [-0.2, -0.15) is 0 Å². The van der Waals surface area contributed by atoms with Crippen molar-refractivity contribution in [2.45, 2.75) is 25.9 Å². The summed E-state index contributed by atoms with van der Waals surface area (Å²) in [5.41, 5.74) is 6.21. The lowest BCUT2D eigenvalue weighted by Gasteiger charge is -2.23. The van der Waals surface area contributed by atoms with Gasteiger partial charge in [-0.05, 0) is 30.4 Å². The van der Waals surface area contributed by atoms with Gasteiger partial charge in [-0.15, -0.1) is 0 Å². The second-order valence-corrected chi connectivity index (χ2v) is 5.71. The van der Waals surface area contributed by atoms with Gasteiger partial charge in [0.15, 0.2) is 5.78 Å². The molecule has 0 bridgehead atoms. The molecule has 0 fully saturated rings. The molecule has 3 heteroatoms. The number of Topliss-reactive ketones (excluding diaryl/α,β-unsaturated/α-hetero) is 1. The molecular formula is C19H21NO2. The number of hydroxylamine groups is 1. The Morgan fingerprint density at radius 2 is 1.82 bits per heavy atom. The number of rotatable bonds is 6. The van der Waals surface area contributed by atoms with Crippen LogP contribution in [0.5, 0.6) is 0 Å². The zero-order chi connectivity index (χ0) is 15.2. The van der Waals surface area contributed by atoms with Crippen LogP contribution in [-0.4, -0.2) is 12.3 Å². The number of fused-ring (bicyclic) bond motifs is 1. The Bertz CT molecular complexity index is 624. The first-order valence-corrected chi connectivity index (χ1v) is 7.85. The molecule has 0 amide bonds. The predicted octanol–water partition coefficient (Wildman–Crippen LogP) is 3.54. The molecule has 1 atom stereocenters. The van der Waals surface area contributed by atoms with Crippen LogP contribution in [0.4, 0.5) is 0 Å². The van der Waals surface area contributed by atoms with E-state index in [0.717, 1.165) is 30.4 Å². The van der Waals surface area contributed by atoms with E-state index in [4.69, 9.17) is 4.84 Å². The molecule has 114 valence electrons. The molecule has 0 heterocycles. The van der Waals surface area contributed by atoms with Crippen LogP contribution in [0.3, 0.4) is 0 Å². The molecule has 2 aromatic carbocycles. The van der Waals surface area contributed by atoms with Crippen molar-refractivity contribution >= 4 is 5.78 Å². The van der Waals surface area contributed by atoms with Crippen LogP contribution in [0.1, 0.15) is 34.3 Å². The summed E-state index contributed by atoms with van der Waals surface area (Å²) in [7, 11) is 0. The average molecular weight is 295 g/mol. The first-order chi connectivity index (χ1) is 10.8. The van der Waals surface area contributed by atoms with Crippen LogP contribution in [0.2, 0.25) is 0 Å². The highest BCUT2D eigenvalue weighted by Crippen LogP contribution is 2.27. The van der Waals surface area contributed by atoms with Gasteiger partial charge in [-0.25, -0.2) is 5.48 Å². The molecular weight excluding hydrogens is 274 g/mol. The highest BCUT2D eigenvalue weighted by molar-refractivity contribution is 6.00. The molecule has 1 aliphatic rings. The molecule has 0 saturated heterocycles. The minimum absolute atomic E-state index is 0.114. The van der Waals surface area contributed by atoms with Crippen LogP contribution in [0.25, 0.3) is 0 Å². The number of ketones is 1. The van der Waals surface area contributed by atoms with Gasteiger partial charge in [0.2, 0.25) is 0 Å². The number of hydrogen-bond acceptors (Lipinski definition) is 3. The molecule has 2 aromatic rings. The molecule has 3 rings (SSSR count). The van der Waals surface area contributed by atoms with Crippen molar-refractivity contribution in [3.05, 3.63) is 71.3 Å². The van der Waals surface area contributed by atoms with E-state index < -0.39 is 0 Å². The first-order valence-electron chi connectivity index (χ1n) is 7.85. The molecule has 0 spiro atoms. The van der Waals surface area contributed by atoms with Crippen molar-refractivity contribution in [2.24, 2.45) is 5.92 Å². The zero-order valence-electron chi connectivity index (χ0n) is 12.6. The van der Waals surface area contributed by atoms with E-state index >= 15 is 0 Å². The fourth-order valence-electron chi connectivity index (χ4n) is 2.95. The lowest BCUT2D eigenvalue weighted by atomic mass is 9.81. The number of nitrogens with one attached hydrogen (secondary N) is 1. The summed E-state index contributed by atoms with van der Waals surface area (Å²) in [5, 5.41) is 0. The third kappa shape index (κ3) is 3.62. The van der Waals surface area contributed by atoms with E-state index in [9.17, 15) is 4.79 Å². The van der Waals surface area contributed by atoms with E-state index in [1.807, 2.05) is 48.5 Å². The minimum atomic E-state index is 0.114. The van der Waals surface area contributed by atoms with Crippen molar-refractivity contribution in [3.63, 3.8) is 0 Å². The van der Waals surface area contributed by atoms with Gasteiger partial charge in [-0.1, -0.05) is 54.6 Å². The summed E-state index contributed by atoms with van der Waals surface area (Å²) >= 11 is 0. The highest BCUT2D eigenvalue weighted by Gasteiger charge is 2.26. The summed E-state index contributed by atoms with van der Waals surface area (Å²) in [6.45, 7) is 1.24. The van der Waals surface area contributed by atoms with Gasteiger partial charge in [-0.3, -0.25) is 9.63 Å².